The molecule has 0 bridgehead atoms. The van der Waals surface area contributed by atoms with Gasteiger partial charge in [-0.25, -0.2) is 0 Å². The molecule has 1 atom stereocenters. The van der Waals surface area contributed by atoms with E-state index in [1.165, 1.54) is 0 Å². The van der Waals surface area contributed by atoms with Crippen LogP contribution in [0.25, 0.3) is 0 Å². The van der Waals surface area contributed by atoms with Gasteiger partial charge in [-0.3, -0.25) is 4.57 Å². The zero-order chi connectivity index (χ0) is 9.28. The van der Waals surface area contributed by atoms with Crippen LogP contribution in [0.1, 0.15) is 0 Å². The molecule has 3 N–H and O–H groups in total. The number of hydrogen-bond donors (Lipinski definition) is 3. The van der Waals surface area contributed by atoms with Crippen LogP contribution in [0, 0.1) is 0 Å². The molecule has 11 heteroatoms. The molecule has 0 aromatic rings. The van der Waals surface area contributed by atoms with Gasteiger partial charge in [0, 0.05) is 0 Å². The first kappa shape index (κ1) is 21.2. The summed E-state index contributed by atoms with van der Waals surface area (Å²) in [6, 6.07) is 0. The maximum absolute atomic E-state index is 10.2. The maximum Gasteiger partial charge on any atom is 1.00 e. The molecule has 68 valence electrons. The van der Waals surface area contributed by atoms with E-state index in [1.54, 1.807) is 0 Å². The van der Waals surface area contributed by atoms with Gasteiger partial charge in [-0.2, -0.15) is 0 Å². The molecule has 0 amide bonds. The molecule has 0 aromatic heterocycles. The van der Waals surface area contributed by atoms with Crippen molar-refractivity contribution in [1.82, 2.24) is 0 Å². The minimum Gasteiger partial charge on any atom is -0.810 e. The van der Waals surface area contributed by atoms with Crippen LogP contribution in [0.3, 0.4) is 0 Å². The molecule has 0 fully saturated rings. The van der Waals surface area contributed by atoms with Gasteiger partial charge in [0.05, 0.1) is 6.61 Å². The standard InChI is InChI=1S/C2H8O7P2.K.Na/c3-1-2(10(4,5)6)11(7,8)9;;/h2-3H,1H2,(H2,4,5,6)(H2,7,8,9);;/q;2*+1/p-2. The average Bonchev–Trinajstić information content (AvgIpc) is 1.56. The second kappa shape index (κ2) is 8.06. The predicted molar refractivity (Wildman–Crippen MR) is 30.5 cm³/mol. The fourth-order valence-corrected chi connectivity index (χ4v) is 2.28. The molecule has 0 aliphatic rings. The summed E-state index contributed by atoms with van der Waals surface area (Å²) in [5.74, 6) is 0. The summed E-state index contributed by atoms with van der Waals surface area (Å²) in [7, 11) is -10.4. The summed E-state index contributed by atoms with van der Waals surface area (Å²) >= 11 is 0. The molecule has 0 aliphatic heterocycles. The predicted octanol–water partition coefficient (Wildman–Crippen LogP) is -8.60. The second-order valence-electron chi connectivity index (χ2n) is 1.79. The Morgan fingerprint density at radius 2 is 1.54 bits per heavy atom. The van der Waals surface area contributed by atoms with Crippen molar-refractivity contribution in [2.45, 2.75) is 5.40 Å². The Morgan fingerprint density at radius 1 is 1.23 bits per heavy atom. The van der Waals surface area contributed by atoms with Crippen LogP contribution in [-0.2, 0) is 9.13 Å². The van der Waals surface area contributed by atoms with Gasteiger partial charge in [0.15, 0.2) is 0 Å². The molecule has 1 unspecified atom stereocenters. The van der Waals surface area contributed by atoms with Crippen LogP contribution in [0.2, 0.25) is 0 Å². The molecule has 13 heavy (non-hydrogen) atoms. The summed E-state index contributed by atoms with van der Waals surface area (Å²) in [6.07, 6.45) is 0. The SMILES string of the molecule is O=P([O-])([O-])C(CO)P(=O)(O)O.[K+].[Na+]. The van der Waals surface area contributed by atoms with Crippen molar-refractivity contribution in [3.8, 4) is 0 Å². The molecule has 7 nitrogen and oxygen atoms in total. The van der Waals surface area contributed by atoms with Crippen LogP contribution in [0.4, 0.5) is 0 Å². The number of hydrogen-bond acceptors (Lipinski definition) is 5. The molecule has 0 heterocycles. The Bertz CT molecular complexity index is 199. The minimum absolute atomic E-state index is 0. The normalized spacial score (nSPS) is 13.9. The summed E-state index contributed by atoms with van der Waals surface area (Å²) < 4.78 is 20.2. The van der Waals surface area contributed by atoms with Crippen molar-refractivity contribution in [3.63, 3.8) is 0 Å². The van der Waals surface area contributed by atoms with E-state index >= 15 is 0 Å². The Hall–Kier alpha value is 2.90. The molecular weight excluding hydrogens is 260 g/mol. The van der Waals surface area contributed by atoms with E-state index < -0.39 is 27.2 Å². The van der Waals surface area contributed by atoms with E-state index in [-0.39, 0.29) is 80.9 Å². The zero-order valence-corrected chi connectivity index (χ0v) is 14.1. The van der Waals surface area contributed by atoms with Crippen LogP contribution >= 0.6 is 15.2 Å². The van der Waals surface area contributed by atoms with E-state index in [2.05, 4.69) is 0 Å². The Labute approximate surface area is 139 Å². The van der Waals surface area contributed by atoms with Gasteiger partial charge < -0.3 is 29.2 Å². The first-order valence-electron chi connectivity index (χ1n) is 2.37. The van der Waals surface area contributed by atoms with Gasteiger partial charge in [-0.05, 0) is 7.60 Å². The Kier molecular flexibility index (Phi) is 13.1. The molecular formula is C2H6KNaO7P2. The molecule has 0 rings (SSSR count). The summed E-state index contributed by atoms with van der Waals surface area (Å²) in [5, 5.41) is 5.61. The van der Waals surface area contributed by atoms with Crippen LogP contribution < -0.4 is 90.7 Å². The zero-order valence-electron chi connectivity index (χ0n) is 7.15. The van der Waals surface area contributed by atoms with Crippen molar-refractivity contribution < 1.29 is 115 Å². The quantitative estimate of drug-likeness (QED) is 0.340. The fraction of sp³-hybridized carbons (Fsp3) is 1.00. The van der Waals surface area contributed by atoms with Crippen molar-refractivity contribution in [3.05, 3.63) is 0 Å². The molecule has 0 radical (unpaired) electrons. The van der Waals surface area contributed by atoms with Crippen LogP contribution in [-0.4, -0.2) is 26.9 Å². The second-order valence-corrected chi connectivity index (χ2v) is 5.70. The van der Waals surface area contributed by atoms with E-state index in [0.717, 1.165) is 0 Å². The van der Waals surface area contributed by atoms with E-state index in [0.29, 0.717) is 0 Å². The molecule has 0 saturated heterocycles. The van der Waals surface area contributed by atoms with Gasteiger partial charge in [0.1, 0.15) is 5.40 Å². The van der Waals surface area contributed by atoms with E-state index in [4.69, 9.17) is 14.9 Å². The number of aliphatic hydroxyl groups excluding tert-OH is 1. The molecule has 0 spiro atoms. The topological polar surface area (TPSA) is 141 Å². The smallest absolute Gasteiger partial charge is 0.810 e. The van der Waals surface area contributed by atoms with Gasteiger partial charge >= 0.3 is 88.5 Å². The van der Waals surface area contributed by atoms with Crippen molar-refractivity contribution in [1.29, 1.82) is 0 Å². The summed E-state index contributed by atoms with van der Waals surface area (Å²) in [5.41, 5.74) is 0. The monoisotopic (exact) mass is 266 g/mol. The average molecular weight is 266 g/mol. The third kappa shape index (κ3) is 8.68. The van der Waals surface area contributed by atoms with Crippen molar-refractivity contribution in [2.24, 2.45) is 0 Å². The fourth-order valence-electron chi connectivity index (χ4n) is 0.391. The van der Waals surface area contributed by atoms with Gasteiger partial charge in [-0.15, -0.1) is 0 Å². The molecule has 0 saturated carbocycles. The van der Waals surface area contributed by atoms with Crippen LogP contribution in [0.15, 0.2) is 0 Å². The number of aliphatic hydroxyl groups is 1. The molecule has 0 aromatic carbocycles. The minimum atomic E-state index is -5.41. The summed E-state index contributed by atoms with van der Waals surface area (Å²) in [6.45, 7) is -1.37. The van der Waals surface area contributed by atoms with Gasteiger partial charge in [0.2, 0.25) is 0 Å². The Balaban J connectivity index is -0.000000500. The third-order valence-electron chi connectivity index (χ3n) is 0.917. The van der Waals surface area contributed by atoms with E-state index in [9.17, 15) is 18.9 Å². The van der Waals surface area contributed by atoms with Gasteiger partial charge in [0.25, 0.3) is 0 Å². The van der Waals surface area contributed by atoms with Crippen molar-refractivity contribution in [2.75, 3.05) is 6.61 Å². The van der Waals surface area contributed by atoms with E-state index in [1.807, 2.05) is 0 Å². The molecule has 0 aliphatic carbocycles. The summed E-state index contributed by atoms with van der Waals surface area (Å²) in [4.78, 5) is 36.4. The van der Waals surface area contributed by atoms with Crippen LogP contribution in [0.5, 0.6) is 0 Å². The van der Waals surface area contributed by atoms with Gasteiger partial charge in [-0.1, -0.05) is 0 Å². The Morgan fingerprint density at radius 3 is 1.54 bits per heavy atom. The maximum atomic E-state index is 10.2. The largest absolute Gasteiger partial charge is 1.00 e. The third-order valence-corrected chi connectivity index (χ3v) is 4.50. The number of rotatable bonds is 3. The first-order valence-corrected chi connectivity index (χ1v) is 5.66. The first-order chi connectivity index (χ1) is 4.69. The van der Waals surface area contributed by atoms with Crippen molar-refractivity contribution >= 4 is 15.2 Å².